The molecule has 0 saturated heterocycles. The minimum Gasteiger partial charge on any atom is -0.494 e. The van der Waals surface area contributed by atoms with Crippen molar-refractivity contribution in [3.8, 4) is 5.75 Å². The summed E-state index contributed by atoms with van der Waals surface area (Å²) in [6, 6.07) is 9.15. The highest BCUT2D eigenvalue weighted by molar-refractivity contribution is 6.09. The topological polar surface area (TPSA) is 26.3 Å². The van der Waals surface area contributed by atoms with E-state index in [1.165, 1.54) is 37.4 Å². The summed E-state index contributed by atoms with van der Waals surface area (Å²) >= 11 is 0. The third-order valence-electron chi connectivity index (χ3n) is 2.50. The van der Waals surface area contributed by atoms with E-state index in [0.717, 1.165) is 12.1 Å². The third-order valence-corrected chi connectivity index (χ3v) is 2.50. The van der Waals surface area contributed by atoms with Crippen LogP contribution in [0.1, 0.15) is 15.9 Å². The van der Waals surface area contributed by atoms with Gasteiger partial charge < -0.3 is 4.74 Å². The van der Waals surface area contributed by atoms with Gasteiger partial charge in [-0.1, -0.05) is 12.1 Å². The molecule has 4 heteroatoms. The number of ether oxygens (including phenoxy) is 1. The number of rotatable bonds is 3. The van der Waals surface area contributed by atoms with E-state index in [4.69, 9.17) is 4.74 Å². The van der Waals surface area contributed by atoms with Crippen molar-refractivity contribution in [1.29, 1.82) is 0 Å². The number of hydrogen-bond donors (Lipinski definition) is 0. The highest BCUT2D eigenvalue weighted by Gasteiger charge is 2.12. The van der Waals surface area contributed by atoms with Crippen molar-refractivity contribution in [2.45, 2.75) is 0 Å². The molecule has 92 valence electrons. The second kappa shape index (κ2) is 4.96. The van der Waals surface area contributed by atoms with Gasteiger partial charge in [-0.25, -0.2) is 8.78 Å². The summed E-state index contributed by atoms with van der Waals surface area (Å²) in [7, 11) is 1.34. The van der Waals surface area contributed by atoms with Gasteiger partial charge in [-0.3, -0.25) is 4.79 Å². The maximum absolute atomic E-state index is 13.5. The summed E-state index contributed by atoms with van der Waals surface area (Å²) in [5.74, 6) is -1.50. The second-order valence-electron chi connectivity index (χ2n) is 3.69. The fourth-order valence-corrected chi connectivity index (χ4v) is 1.60. The van der Waals surface area contributed by atoms with Crippen molar-refractivity contribution in [1.82, 2.24) is 0 Å². The van der Waals surface area contributed by atoms with Crippen molar-refractivity contribution in [3.05, 3.63) is 65.2 Å². The van der Waals surface area contributed by atoms with Crippen LogP contribution in [0, 0.1) is 11.6 Å². The van der Waals surface area contributed by atoms with Crippen LogP contribution < -0.4 is 4.74 Å². The molecular formula is C14H10F2O2. The second-order valence-corrected chi connectivity index (χ2v) is 3.69. The lowest BCUT2D eigenvalue weighted by molar-refractivity contribution is 0.103. The van der Waals surface area contributed by atoms with E-state index < -0.39 is 17.4 Å². The zero-order valence-corrected chi connectivity index (χ0v) is 9.61. The Hall–Kier alpha value is -2.23. The van der Waals surface area contributed by atoms with E-state index in [9.17, 15) is 13.6 Å². The molecule has 0 aliphatic heterocycles. The van der Waals surface area contributed by atoms with Gasteiger partial charge in [0.05, 0.1) is 7.11 Å². The summed E-state index contributed by atoms with van der Waals surface area (Å²) in [4.78, 5) is 12.0. The molecule has 0 saturated carbocycles. The zero-order valence-electron chi connectivity index (χ0n) is 9.61. The zero-order chi connectivity index (χ0) is 13.1. The average Bonchev–Trinajstić information content (AvgIpc) is 2.37. The molecule has 18 heavy (non-hydrogen) atoms. The Morgan fingerprint density at radius 1 is 1.06 bits per heavy atom. The van der Waals surface area contributed by atoms with E-state index in [1.54, 1.807) is 0 Å². The minimum absolute atomic E-state index is 0.0609. The quantitative estimate of drug-likeness (QED) is 0.780. The van der Waals surface area contributed by atoms with Gasteiger partial charge in [0.1, 0.15) is 5.82 Å². The normalized spacial score (nSPS) is 10.2. The van der Waals surface area contributed by atoms with Gasteiger partial charge >= 0.3 is 0 Å². The monoisotopic (exact) mass is 248 g/mol. The van der Waals surface area contributed by atoms with Crippen molar-refractivity contribution < 1.29 is 18.3 Å². The molecule has 2 nitrogen and oxygen atoms in total. The Kier molecular flexibility index (Phi) is 3.37. The first-order valence-corrected chi connectivity index (χ1v) is 5.25. The number of ketones is 1. The van der Waals surface area contributed by atoms with Gasteiger partial charge in [0.15, 0.2) is 17.3 Å². The Labute approximate surface area is 103 Å². The molecule has 0 N–H and O–H groups in total. The number of carbonyl (C=O) groups is 1. The highest BCUT2D eigenvalue weighted by Crippen LogP contribution is 2.20. The van der Waals surface area contributed by atoms with Crippen LogP contribution in [0.3, 0.4) is 0 Å². The first-order valence-electron chi connectivity index (χ1n) is 5.25. The van der Waals surface area contributed by atoms with Crippen molar-refractivity contribution in [3.63, 3.8) is 0 Å². The van der Waals surface area contributed by atoms with E-state index >= 15 is 0 Å². The lowest BCUT2D eigenvalue weighted by Crippen LogP contribution is -2.02. The fourth-order valence-electron chi connectivity index (χ4n) is 1.60. The molecule has 0 radical (unpaired) electrons. The van der Waals surface area contributed by atoms with E-state index in [0.29, 0.717) is 0 Å². The lowest BCUT2D eigenvalue weighted by atomic mass is 10.0. The van der Waals surface area contributed by atoms with Crippen LogP contribution in [-0.2, 0) is 0 Å². The van der Waals surface area contributed by atoms with Gasteiger partial charge in [0.25, 0.3) is 0 Å². The van der Waals surface area contributed by atoms with Gasteiger partial charge in [0.2, 0.25) is 0 Å². The SMILES string of the molecule is COc1ccc(C(=O)c2cccc(F)c2)cc1F. The molecule has 0 unspecified atom stereocenters. The van der Waals surface area contributed by atoms with Gasteiger partial charge in [-0.2, -0.15) is 0 Å². The molecule has 2 aromatic rings. The molecule has 0 heterocycles. The average molecular weight is 248 g/mol. The lowest BCUT2D eigenvalue weighted by Gasteiger charge is -2.05. The molecule has 0 aliphatic carbocycles. The molecule has 0 atom stereocenters. The molecule has 2 rings (SSSR count). The van der Waals surface area contributed by atoms with Crippen molar-refractivity contribution in [2.24, 2.45) is 0 Å². The van der Waals surface area contributed by atoms with Gasteiger partial charge in [-0.05, 0) is 30.3 Å². The molecule has 0 fully saturated rings. The van der Waals surface area contributed by atoms with E-state index in [2.05, 4.69) is 0 Å². The smallest absolute Gasteiger partial charge is 0.193 e. The van der Waals surface area contributed by atoms with Crippen LogP contribution in [0.4, 0.5) is 8.78 Å². The third kappa shape index (κ3) is 2.37. The van der Waals surface area contributed by atoms with Gasteiger partial charge in [-0.15, -0.1) is 0 Å². The first kappa shape index (κ1) is 12.2. The van der Waals surface area contributed by atoms with Crippen molar-refractivity contribution in [2.75, 3.05) is 7.11 Å². The molecule has 0 aromatic heterocycles. The molecule has 0 amide bonds. The molecule has 0 bridgehead atoms. The highest BCUT2D eigenvalue weighted by atomic mass is 19.1. The Balaban J connectivity index is 2.37. The van der Waals surface area contributed by atoms with Crippen LogP contribution in [0.25, 0.3) is 0 Å². The summed E-state index contributed by atoms with van der Waals surface area (Å²) in [5, 5.41) is 0. The van der Waals surface area contributed by atoms with Crippen LogP contribution in [0.15, 0.2) is 42.5 Å². The summed E-state index contributed by atoms with van der Waals surface area (Å²) < 4.78 is 31.2. The minimum atomic E-state index is -0.625. The van der Waals surface area contributed by atoms with Crippen molar-refractivity contribution >= 4 is 5.78 Å². The molecule has 0 aliphatic rings. The number of halogens is 2. The molecule has 0 spiro atoms. The summed E-state index contributed by atoms with van der Waals surface area (Å²) in [6.45, 7) is 0. The molecular weight excluding hydrogens is 238 g/mol. The van der Waals surface area contributed by atoms with Crippen LogP contribution in [0.2, 0.25) is 0 Å². The predicted octanol–water partition coefficient (Wildman–Crippen LogP) is 3.20. The predicted molar refractivity (Wildman–Crippen MR) is 62.8 cm³/mol. The number of methoxy groups -OCH3 is 1. The maximum atomic E-state index is 13.5. The van der Waals surface area contributed by atoms with Crippen LogP contribution in [-0.4, -0.2) is 12.9 Å². The number of carbonyl (C=O) groups excluding carboxylic acids is 1. The maximum Gasteiger partial charge on any atom is 0.193 e. The Bertz CT molecular complexity index is 594. The number of benzene rings is 2. The Morgan fingerprint density at radius 2 is 1.78 bits per heavy atom. The van der Waals surface area contributed by atoms with E-state index in [-0.39, 0.29) is 16.9 Å². The Morgan fingerprint density at radius 3 is 2.39 bits per heavy atom. The van der Waals surface area contributed by atoms with Gasteiger partial charge in [0, 0.05) is 11.1 Å². The number of hydrogen-bond acceptors (Lipinski definition) is 2. The standard InChI is InChI=1S/C14H10F2O2/c1-18-13-6-5-10(8-12(13)16)14(17)9-3-2-4-11(15)7-9/h2-8H,1H3. The summed E-state index contributed by atoms with van der Waals surface area (Å²) in [5.41, 5.74) is 0.332. The largest absolute Gasteiger partial charge is 0.494 e. The van der Waals surface area contributed by atoms with E-state index in [1.807, 2.05) is 0 Å². The molecule has 2 aromatic carbocycles. The van der Waals surface area contributed by atoms with Crippen LogP contribution >= 0.6 is 0 Å². The van der Waals surface area contributed by atoms with Crippen LogP contribution in [0.5, 0.6) is 5.75 Å². The first-order chi connectivity index (χ1) is 8.61. The fraction of sp³-hybridized carbons (Fsp3) is 0.0714. The summed E-state index contributed by atoms with van der Waals surface area (Å²) in [6.07, 6.45) is 0.